The lowest BCUT2D eigenvalue weighted by Crippen LogP contribution is -1.97. The summed E-state index contributed by atoms with van der Waals surface area (Å²) in [7, 11) is 0. The highest BCUT2D eigenvalue weighted by molar-refractivity contribution is 9.10. The van der Waals surface area contributed by atoms with Gasteiger partial charge in [-0.25, -0.2) is 9.97 Å². The molecule has 0 bridgehead atoms. The Bertz CT molecular complexity index is 482. The first-order valence-electron chi connectivity index (χ1n) is 4.58. The van der Waals surface area contributed by atoms with Crippen LogP contribution in [0.25, 0.3) is 0 Å². The Kier molecular flexibility index (Phi) is 3.26. The van der Waals surface area contributed by atoms with Crippen molar-refractivity contribution in [2.24, 2.45) is 0 Å². The van der Waals surface area contributed by atoms with Crippen molar-refractivity contribution in [3.05, 3.63) is 46.7 Å². The van der Waals surface area contributed by atoms with Crippen LogP contribution >= 0.6 is 15.9 Å². The Morgan fingerprint density at radius 1 is 1.12 bits per heavy atom. The summed E-state index contributed by atoms with van der Waals surface area (Å²) in [5.41, 5.74) is 1.35. The number of aromatic nitrogens is 2. The van der Waals surface area contributed by atoms with Crippen molar-refractivity contribution >= 4 is 33.9 Å². The minimum absolute atomic E-state index is 0.460. The molecule has 0 atom stereocenters. The normalized spacial score (nSPS) is 9.81. The number of carbonyl (C=O) groups is 1. The molecule has 0 aliphatic heterocycles. The molecule has 80 valence electrons. The summed E-state index contributed by atoms with van der Waals surface area (Å²) in [6.07, 6.45) is 3.66. The fourth-order valence-corrected chi connectivity index (χ4v) is 1.39. The third kappa shape index (κ3) is 2.64. The SMILES string of the molecule is O=Cc1cnc(Nc2ccc(Br)cc2)nc1. The molecule has 0 fully saturated rings. The van der Waals surface area contributed by atoms with E-state index in [9.17, 15) is 4.79 Å². The molecular weight excluding hydrogens is 270 g/mol. The average Bonchev–Trinajstić information content (AvgIpc) is 2.33. The largest absolute Gasteiger partial charge is 0.324 e. The maximum absolute atomic E-state index is 10.4. The molecular formula is C11H8BrN3O. The molecule has 16 heavy (non-hydrogen) atoms. The lowest BCUT2D eigenvalue weighted by molar-refractivity contribution is 0.112. The molecule has 2 rings (SSSR count). The van der Waals surface area contributed by atoms with Gasteiger partial charge in [0.25, 0.3) is 0 Å². The van der Waals surface area contributed by atoms with Gasteiger partial charge in [0.15, 0.2) is 6.29 Å². The summed E-state index contributed by atoms with van der Waals surface area (Å²) < 4.78 is 1.01. The van der Waals surface area contributed by atoms with Gasteiger partial charge in [-0.05, 0) is 24.3 Å². The van der Waals surface area contributed by atoms with Crippen molar-refractivity contribution in [3.8, 4) is 0 Å². The number of halogens is 1. The minimum Gasteiger partial charge on any atom is -0.324 e. The van der Waals surface area contributed by atoms with Gasteiger partial charge in [0.1, 0.15) is 0 Å². The van der Waals surface area contributed by atoms with Crippen molar-refractivity contribution in [2.45, 2.75) is 0 Å². The number of hydrogen-bond donors (Lipinski definition) is 1. The molecule has 0 aliphatic rings. The number of benzene rings is 1. The van der Waals surface area contributed by atoms with Gasteiger partial charge in [-0.15, -0.1) is 0 Å². The fourth-order valence-electron chi connectivity index (χ4n) is 1.13. The summed E-state index contributed by atoms with van der Waals surface area (Å²) in [5, 5.41) is 3.02. The van der Waals surface area contributed by atoms with Crippen LogP contribution in [0.4, 0.5) is 11.6 Å². The van der Waals surface area contributed by atoms with E-state index in [1.807, 2.05) is 24.3 Å². The van der Waals surface area contributed by atoms with Crippen LogP contribution in [-0.4, -0.2) is 16.3 Å². The molecule has 2 aromatic rings. The maximum Gasteiger partial charge on any atom is 0.227 e. The number of rotatable bonds is 3. The van der Waals surface area contributed by atoms with Crippen LogP contribution in [0, 0.1) is 0 Å². The highest BCUT2D eigenvalue weighted by Crippen LogP contribution is 2.16. The lowest BCUT2D eigenvalue weighted by atomic mass is 10.3. The van der Waals surface area contributed by atoms with Gasteiger partial charge >= 0.3 is 0 Å². The summed E-state index contributed by atoms with van der Waals surface area (Å²) >= 11 is 3.35. The zero-order valence-corrected chi connectivity index (χ0v) is 9.81. The van der Waals surface area contributed by atoms with Crippen LogP contribution in [0.3, 0.4) is 0 Å². The molecule has 0 unspecified atom stereocenters. The molecule has 4 nitrogen and oxygen atoms in total. The second kappa shape index (κ2) is 4.85. The smallest absolute Gasteiger partial charge is 0.227 e. The zero-order chi connectivity index (χ0) is 11.4. The Morgan fingerprint density at radius 2 is 1.75 bits per heavy atom. The van der Waals surface area contributed by atoms with E-state index in [4.69, 9.17) is 0 Å². The summed E-state index contributed by atoms with van der Waals surface area (Å²) in [4.78, 5) is 18.4. The molecule has 1 N–H and O–H groups in total. The molecule has 0 spiro atoms. The number of nitrogens with one attached hydrogen (secondary N) is 1. The van der Waals surface area contributed by atoms with Crippen LogP contribution in [0.1, 0.15) is 10.4 Å². The van der Waals surface area contributed by atoms with E-state index in [1.54, 1.807) is 0 Å². The minimum atomic E-state index is 0.460. The number of hydrogen-bond acceptors (Lipinski definition) is 4. The van der Waals surface area contributed by atoms with Crippen molar-refractivity contribution in [1.82, 2.24) is 9.97 Å². The molecule has 1 aromatic heterocycles. The summed E-state index contributed by atoms with van der Waals surface area (Å²) in [6, 6.07) is 7.65. The van der Waals surface area contributed by atoms with E-state index in [2.05, 4.69) is 31.2 Å². The second-order valence-corrected chi connectivity index (χ2v) is 4.01. The lowest BCUT2D eigenvalue weighted by Gasteiger charge is -2.03. The zero-order valence-electron chi connectivity index (χ0n) is 8.22. The van der Waals surface area contributed by atoms with Gasteiger partial charge in [-0.1, -0.05) is 15.9 Å². The first-order valence-corrected chi connectivity index (χ1v) is 5.37. The Balaban J connectivity index is 2.14. The average molecular weight is 278 g/mol. The fraction of sp³-hybridized carbons (Fsp3) is 0. The number of aldehydes is 1. The number of anilines is 2. The predicted octanol–water partition coefficient (Wildman–Crippen LogP) is 2.80. The van der Waals surface area contributed by atoms with E-state index >= 15 is 0 Å². The maximum atomic E-state index is 10.4. The number of nitrogens with zero attached hydrogens (tertiary/aromatic N) is 2. The van der Waals surface area contributed by atoms with E-state index in [1.165, 1.54) is 12.4 Å². The molecule has 0 radical (unpaired) electrons. The Hall–Kier alpha value is -1.75. The third-order valence-corrected chi connectivity index (χ3v) is 2.44. The molecule has 0 amide bonds. The van der Waals surface area contributed by atoms with Gasteiger partial charge in [-0.3, -0.25) is 4.79 Å². The topological polar surface area (TPSA) is 54.9 Å². The molecule has 0 saturated carbocycles. The summed E-state index contributed by atoms with van der Waals surface area (Å²) in [6.45, 7) is 0. The van der Waals surface area contributed by atoms with Crippen LogP contribution in [0.2, 0.25) is 0 Å². The predicted molar refractivity (Wildman–Crippen MR) is 64.8 cm³/mol. The molecule has 5 heteroatoms. The molecule has 1 aromatic carbocycles. The van der Waals surface area contributed by atoms with Gasteiger partial charge < -0.3 is 5.32 Å². The third-order valence-electron chi connectivity index (χ3n) is 1.91. The van der Waals surface area contributed by atoms with E-state index in [0.29, 0.717) is 17.8 Å². The number of carbonyl (C=O) groups excluding carboxylic acids is 1. The van der Waals surface area contributed by atoms with Gasteiger partial charge in [0.2, 0.25) is 5.95 Å². The highest BCUT2D eigenvalue weighted by atomic mass is 79.9. The first-order chi connectivity index (χ1) is 7.78. The van der Waals surface area contributed by atoms with Crippen molar-refractivity contribution in [2.75, 3.05) is 5.32 Å². The monoisotopic (exact) mass is 277 g/mol. The van der Waals surface area contributed by atoms with Crippen LogP contribution in [-0.2, 0) is 0 Å². The van der Waals surface area contributed by atoms with Crippen LogP contribution in [0.5, 0.6) is 0 Å². The van der Waals surface area contributed by atoms with Crippen molar-refractivity contribution in [3.63, 3.8) is 0 Å². The molecule has 0 saturated heterocycles. The van der Waals surface area contributed by atoms with Gasteiger partial charge in [0.05, 0.1) is 5.56 Å². The van der Waals surface area contributed by atoms with Crippen LogP contribution < -0.4 is 5.32 Å². The van der Waals surface area contributed by atoms with Gasteiger partial charge in [0, 0.05) is 22.6 Å². The van der Waals surface area contributed by atoms with E-state index < -0.39 is 0 Å². The Labute approximate surface area is 101 Å². The summed E-state index contributed by atoms with van der Waals surface area (Å²) in [5.74, 6) is 0.466. The van der Waals surface area contributed by atoms with Crippen molar-refractivity contribution in [1.29, 1.82) is 0 Å². The second-order valence-electron chi connectivity index (χ2n) is 3.09. The standard InChI is InChI=1S/C11H8BrN3O/c12-9-1-3-10(4-2-9)15-11-13-5-8(7-16)6-14-11/h1-7H,(H,13,14,15). The quantitative estimate of drug-likeness (QED) is 0.877. The first kappa shape index (κ1) is 10.8. The molecule has 1 heterocycles. The van der Waals surface area contributed by atoms with Crippen LogP contribution in [0.15, 0.2) is 41.1 Å². The van der Waals surface area contributed by atoms with E-state index in [-0.39, 0.29) is 0 Å². The Morgan fingerprint density at radius 3 is 2.31 bits per heavy atom. The van der Waals surface area contributed by atoms with E-state index in [0.717, 1.165) is 10.2 Å². The highest BCUT2D eigenvalue weighted by Gasteiger charge is 1.97. The van der Waals surface area contributed by atoms with Crippen molar-refractivity contribution < 1.29 is 4.79 Å². The van der Waals surface area contributed by atoms with Gasteiger partial charge in [-0.2, -0.15) is 0 Å². The molecule has 0 aliphatic carbocycles.